The van der Waals surface area contributed by atoms with Gasteiger partial charge in [0.05, 0.1) is 35.7 Å². The number of benzene rings is 1. The number of carbonyl (C=O) groups excluding carboxylic acids is 4. The number of aliphatic hydroxyl groups is 2. The molecule has 0 aromatic heterocycles. The molecule has 222 valence electrons. The number of hydrogen-bond acceptors (Lipinski definition) is 10. The van der Waals surface area contributed by atoms with Crippen LogP contribution in [0.3, 0.4) is 0 Å². The van der Waals surface area contributed by atoms with Gasteiger partial charge in [0.15, 0.2) is 17.5 Å². The van der Waals surface area contributed by atoms with Crippen molar-refractivity contribution in [2.45, 2.75) is 90.5 Å². The average Bonchev–Trinajstić information content (AvgIpc) is 2.89. The highest BCUT2D eigenvalue weighted by atomic mass is 16.6. The third kappa shape index (κ3) is 4.33. The molecule has 9 atom stereocenters. The van der Waals surface area contributed by atoms with Crippen LogP contribution in [0.4, 0.5) is 0 Å². The quantitative estimate of drug-likeness (QED) is 0.315. The van der Waals surface area contributed by atoms with Gasteiger partial charge in [-0.15, -0.1) is 0 Å². The minimum absolute atomic E-state index is 0.0210. The van der Waals surface area contributed by atoms with Crippen molar-refractivity contribution in [2.75, 3.05) is 6.61 Å². The van der Waals surface area contributed by atoms with E-state index >= 15 is 0 Å². The normalized spacial score (nSPS) is 39.2. The lowest BCUT2D eigenvalue weighted by molar-refractivity contribution is -0.335. The third-order valence-electron chi connectivity index (χ3n) is 10.0. The lowest BCUT2D eigenvalue weighted by Gasteiger charge is -2.65. The van der Waals surface area contributed by atoms with Crippen LogP contribution >= 0.6 is 0 Å². The maximum atomic E-state index is 14.8. The molecule has 2 bridgehead atoms. The van der Waals surface area contributed by atoms with Crippen LogP contribution in [0.2, 0.25) is 0 Å². The van der Waals surface area contributed by atoms with Gasteiger partial charge in [0, 0.05) is 26.2 Å². The maximum absolute atomic E-state index is 14.8. The van der Waals surface area contributed by atoms with E-state index in [0.29, 0.717) is 11.1 Å². The van der Waals surface area contributed by atoms with Crippen molar-refractivity contribution in [3.63, 3.8) is 0 Å². The Bertz CT molecular complexity index is 1300. The highest BCUT2D eigenvalue weighted by Crippen LogP contribution is 2.63. The molecule has 1 aromatic rings. The summed E-state index contributed by atoms with van der Waals surface area (Å²) < 4.78 is 23.8. The van der Waals surface area contributed by atoms with Gasteiger partial charge in [-0.05, 0) is 49.0 Å². The number of Topliss-reactive ketones (excluding diaryl/α,β-unsaturated/α-hetero) is 1. The van der Waals surface area contributed by atoms with Gasteiger partial charge >= 0.3 is 17.9 Å². The Labute approximate surface area is 239 Å². The molecular formula is C31H38O10. The van der Waals surface area contributed by atoms with Crippen LogP contribution in [0.1, 0.15) is 64.7 Å². The summed E-state index contributed by atoms with van der Waals surface area (Å²) in [6, 6.07) is 8.38. The Morgan fingerprint density at radius 1 is 0.976 bits per heavy atom. The van der Waals surface area contributed by atoms with E-state index in [1.165, 1.54) is 13.8 Å². The predicted molar refractivity (Wildman–Crippen MR) is 143 cm³/mol. The standard InChI is InChI=1S/C31H38O10/c1-15-20(34)12-19-24(40-28(37)18-10-8-7-9-11-18)26-30(6,21(35)13-22-31(26,14-38-22)41-17(3)33)27(36)25(39-16(2)32)23(15)29(19,4)5/h7-11,19-22,24-26,34-35H,12-14H2,1-6H3/t19-,20?,21?,22?,24?,25?,26-,30+,31-/m0/s1. The molecule has 41 heavy (non-hydrogen) atoms. The summed E-state index contributed by atoms with van der Waals surface area (Å²) in [4.78, 5) is 53.4. The van der Waals surface area contributed by atoms with Crippen molar-refractivity contribution in [3.05, 3.63) is 47.0 Å². The molecule has 1 heterocycles. The molecule has 0 amide bonds. The van der Waals surface area contributed by atoms with Gasteiger partial charge in [0.1, 0.15) is 12.2 Å². The fraction of sp³-hybridized carbons (Fsp3) is 0.613. The van der Waals surface area contributed by atoms with Crippen LogP contribution in [0.25, 0.3) is 0 Å². The largest absolute Gasteiger partial charge is 0.458 e. The molecule has 2 N–H and O–H groups in total. The van der Waals surface area contributed by atoms with Gasteiger partial charge < -0.3 is 29.2 Å². The minimum Gasteiger partial charge on any atom is -0.458 e. The fourth-order valence-corrected chi connectivity index (χ4v) is 7.98. The van der Waals surface area contributed by atoms with Crippen molar-refractivity contribution in [3.8, 4) is 0 Å². The van der Waals surface area contributed by atoms with Crippen LogP contribution in [0.15, 0.2) is 41.5 Å². The smallest absolute Gasteiger partial charge is 0.338 e. The molecule has 4 aliphatic rings. The zero-order valence-corrected chi connectivity index (χ0v) is 24.2. The van der Waals surface area contributed by atoms with Gasteiger partial charge in [-0.25, -0.2) is 4.79 Å². The Morgan fingerprint density at radius 3 is 2.20 bits per heavy atom. The summed E-state index contributed by atoms with van der Waals surface area (Å²) in [6.45, 7) is 9.36. The first-order valence-electron chi connectivity index (χ1n) is 14.0. The van der Waals surface area contributed by atoms with Crippen LogP contribution in [0, 0.1) is 22.7 Å². The number of fused-ring (bicyclic) bond motifs is 5. The van der Waals surface area contributed by atoms with E-state index in [9.17, 15) is 29.4 Å². The minimum atomic E-state index is -1.69. The molecule has 1 aromatic carbocycles. The zero-order valence-electron chi connectivity index (χ0n) is 24.2. The first kappa shape index (κ1) is 29.4. The van der Waals surface area contributed by atoms with Gasteiger partial charge in [-0.3, -0.25) is 14.4 Å². The van der Waals surface area contributed by atoms with E-state index in [-0.39, 0.29) is 25.0 Å². The topological polar surface area (TPSA) is 146 Å². The molecule has 0 spiro atoms. The number of ketones is 1. The fourth-order valence-electron chi connectivity index (χ4n) is 7.98. The number of ether oxygens (including phenoxy) is 4. The van der Waals surface area contributed by atoms with Crippen LogP contribution in [-0.2, 0) is 33.3 Å². The molecule has 0 radical (unpaired) electrons. The molecule has 10 nitrogen and oxygen atoms in total. The number of aliphatic hydroxyl groups excluding tert-OH is 2. The van der Waals surface area contributed by atoms with E-state index in [2.05, 4.69) is 0 Å². The van der Waals surface area contributed by atoms with E-state index in [0.717, 1.165) is 0 Å². The number of rotatable bonds is 4. The molecule has 5 unspecified atom stereocenters. The van der Waals surface area contributed by atoms with Crippen molar-refractivity contribution >= 4 is 23.7 Å². The molecule has 2 saturated carbocycles. The van der Waals surface area contributed by atoms with Crippen molar-refractivity contribution in [2.24, 2.45) is 22.7 Å². The van der Waals surface area contributed by atoms with E-state index in [1.807, 2.05) is 13.8 Å². The van der Waals surface area contributed by atoms with Gasteiger partial charge in [0.25, 0.3) is 0 Å². The first-order valence-corrected chi connectivity index (χ1v) is 14.0. The first-order chi connectivity index (χ1) is 19.2. The van der Waals surface area contributed by atoms with E-state index in [4.69, 9.17) is 18.9 Å². The SMILES string of the molecule is CC(=O)OC1C(=O)[C@]2(C)C(O)CC3OC[C@@]3(OC(C)=O)[C@H]2C(OC(=O)c2ccccc2)[C@@H]2CC(O)C(C)=C1C2(C)C. The molecule has 3 aliphatic carbocycles. The summed E-state index contributed by atoms with van der Waals surface area (Å²) >= 11 is 0. The lowest BCUT2D eigenvalue weighted by Crippen LogP contribution is -2.79. The second kappa shape index (κ2) is 10.0. The summed E-state index contributed by atoms with van der Waals surface area (Å²) in [5.74, 6) is -4.30. The molecular weight excluding hydrogens is 532 g/mol. The average molecular weight is 571 g/mol. The Morgan fingerprint density at radius 2 is 1.63 bits per heavy atom. The Kier molecular flexibility index (Phi) is 7.19. The Hall–Kier alpha value is -3.08. The summed E-state index contributed by atoms with van der Waals surface area (Å²) in [5.41, 5.74) is -2.84. The second-order valence-electron chi connectivity index (χ2n) is 12.6. The van der Waals surface area contributed by atoms with Crippen LogP contribution in [-0.4, -0.2) is 76.6 Å². The molecule has 5 rings (SSSR count). The van der Waals surface area contributed by atoms with Crippen LogP contribution in [0.5, 0.6) is 0 Å². The molecule has 10 heteroatoms. The van der Waals surface area contributed by atoms with Gasteiger partial charge in [0.2, 0.25) is 0 Å². The zero-order chi connectivity index (χ0) is 30.1. The van der Waals surface area contributed by atoms with E-state index < -0.39 is 82.5 Å². The predicted octanol–water partition coefficient (Wildman–Crippen LogP) is 2.54. The van der Waals surface area contributed by atoms with Gasteiger partial charge in [-0.1, -0.05) is 32.0 Å². The number of esters is 3. The van der Waals surface area contributed by atoms with E-state index in [1.54, 1.807) is 44.2 Å². The second-order valence-corrected chi connectivity index (χ2v) is 12.6. The summed E-state index contributed by atoms with van der Waals surface area (Å²) in [6.07, 6.45) is -5.48. The lowest BCUT2D eigenvalue weighted by atomic mass is 9.46. The highest BCUT2D eigenvalue weighted by molar-refractivity contribution is 5.95. The van der Waals surface area contributed by atoms with Crippen LogP contribution < -0.4 is 0 Å². The van der Waals surface area contributed by atoms with Crippen molar-refractivity contribution < 1.29 is 48.3 Å². The molecule has 1 aliphatic heterocycles. The Balaban J connectivity index is 1.79. The van der Waals surface area contributed by atoms with Gasteiger partial charge in [-0.2, -0.15) is 0 Å². The molecule has 3 fully saturated rings. The van der Waals surface area contributed by atoms with Crippen molar-refractivity contribution in [1.82, 2.24) is 0 Å². The number of carbonyl (C=O) groups is 4. The molecule has 1 saturated heterocycles. The third-order valence-corrected chi connectivity index (χ3v) is 10.0. The summed E-state index contributed by atoms with van der Waals surface area (Å²) in [5, 5.41) is 22.9. The number of hydrogen-bond donors (Lipinski definition) is 2. The highest BCUT2D eigenvalue weighted by Gasteiger charge is 2.75. The maximum Gasteiger partial charge on any atom is 0.338 e. The van der Waals surface area contributed by atoms with Crippen molar-refractivity contribution in [1.29, 1.82) is 0 Å². The summed E-state index contributed by atoms with van der Waals surface area (Å²) in [7, 11) is 0. The monoisotopic (exact) mass is 570 g/mol.